The molecule has 2 fully saturated rings. The first-order valence-electron chi connectivity index (χ1n) is 6.02. The molecular weight excluding hydrogens is 313 g/mol. The van der Waals surface area contributed by atoms with Crippen LogP contribution in [0.2, 0.25) is 0 Å². The second kappa shape index (κ2) is 7.82. The van der Waals surface area contributed by atoms with Crippen molar-refractivity contribution in [2.45, 2.75) is 25.1 Å². The summed E-state index contributed by atoms with van der Waals surface area (Å²) in [7, 11) is 1.43. The lowest BCUT2D eigenvalue weighted by molar-refractivity contribution is -0.192. The molecule has 1 amide bonds. The van der Waals surface area contributed by atoms with E-state index in [1.165, 1.54) is 7.11 Å². The number of halogens is 3. The Morgan fingerprint density at radius 2 is 1.64 bits per heavy atom. The Balaban J connectivity index is 0.000000348. The van der Waals surface area contributed by atoms with Crippen molar-refractivity contribution < 1.29 is 42.5 Å². The summed E-state index contributed by atoms with van der Waals surface area (Å²) in [5.41, 5.74) is 0.132. The van der Waals surface area contributed by atoms with E-state index in [9.17, 15) is 18.0 Å². The van der Waals surface area contributed by atoms with E-state index in [-0.39, 0.29) is 11.6 Å². The number of carbonyl (C=O) groups is 3. The Morgan fingerprint density at radius 1 is 1.23 bits per heavy atom. The zero-order valence-electron chi connectivity index (χ0n) is 11.9. The highest BCUT2D eigenvalue weighted by Crippen LogP contribution is 2.34. The Bertz CT molecular complexity index is 413. The maximum atomic E-state index is 11.1. The SMILES string of the molecule is CC(=O)O.COC(=O)N1CCC12CNC2.O=C(O)C(F)(F)F. The van der Waals surface area contributed by atoms with Gasteiger partial charge < -0.3 is 20.3 Å². The van der Waals surface area contributed by atoms with Gasteiger partial charge in [-0.3, -0.25) is 9.69 Å². The van der Waals surface area contributed by atoms with Crippen LogP contribution < -0.4 is 5.32 Å². The molecule has 1 spiro atoms. The van der Waals surface area contributed by atoms with Crippen molar-refractivity contribution in [2.24, 2.45) is 0 Å². The monoisotopic (exact) mass is 330 g/mol. The zero-order valence-corrected chi connectivity index (χ0v) is 11.9. The Kier molecular flexibility index (Phi) is 7.10. The van der Waals surface area contributed by atoms with Crippen molar-refractivity contribution in [3.8, 4) is 0 Å². The predicted octanol–water partition coefficient (Wildman–Crippen LogP) is 0.525. The molecule has 2 aliphatic rings. The molecule has 0 aliphatic carbocycles. The Labute approximate surface area is 123 Å². The lowest BCUT2D eigenvalue weighted by atomic mass is 9.80. The molecule has 0 aromatic carbocycles. The van der Waals surface area contributed by atoms with Gasteiger partial charge in [-0.15, -0.1) is 0 Å². The molecule has 128 valence electrons. The number of amides is 1. The molecule has 0 aromatic rings. The molecule has 2 heterocycles. The van der Waals surface area contributed by atoms with Gasteiger partial charge in [-0.1, -0.05) is 0 Å². The maximum Gasteiger partial charge on any atom is 0.490 e. The van der Waals surface area contributed by atoms with E-state index >= 15 is 0 Å². The number of hydrogen-bond donors (Lipinski definition) is 3. The topological polar surface area (TPSA) is 116 Å². The van der Waals surface area contributed by atoms with Crippen LogP contribution in [0.5, 0.6) is 0 Å². The average Bonchev–Trinajstić information content (AvgIpc) is 2.24. The minimum atomic E-state index is -5.08. The van der Waals surface area contributed by atoms with Crippen molar-refractivity contribution >= 4 is 18.0 Å². The second-order valence-corrected chi connectivity index (χ2v) is 4.52. The summed E-state index contributed by atoms with van der Waals surface area (Å²) >= 11 is 0. The summed E-state index contributed by atoms with van der Waals surface area (Å²) in [6.07, 6.45) is -4.15. The number of carboxylic acid groups (broad SMARTS) is 2. The molecule has 0 saturated carbocycles. The number of hydrogen-bond acceptors (Lipinski definition) is 5. The van der Waals surface area contributed by atoms with Gasteiger partial charge in [-0.2, -0.15) is 13.2 Å². The molecule has 2 aliphatic heterocycles. The molecule has 0 aromatic heterocycles. The highest BCUT2D eigenvalue weighted by molar-refractivity contribution is 5.73. The number of carbonyl (C=O) groups excluding carboxylic acids is 1. The summed E-state index contributed by atoms with van der Waals surface area (Å²) in [6.45, 7) is 3.80. The number of rotatable bonds is 0. The van der Waals surface area contributed by atoms with E-state index < -0.39 is 18.1 Å². The summed E-state index contributed by atoms with van der Waals surface area (Å²) < 4.78 is 36.4. The van der Waals surface area contributed by atoms with Gasteiger partial charge in [0, 0.05) is 26.6 Å². The Hall–Kier alpha value is -2.04. The first-order valence-corrected chi connectivity index (χ1v) is 6.02. The third-order valence-electron chi connectivity index (χ3n) is 2.92. The number of likely N-dealkylation sites (tertiary alicyclic amines) is 1. The largest absolute Gasteiger partial charge is 0.490 e. The second-order valence-electron chi connectivity index (χ2n) is 4.52. The van der Waals surface area contributed by atoms with Crippen molar-refractivity contribution in [3.63, 3.8) is 0 Å². The quantitative estimate of drug-likeness (QED) is 0.593. The summed E-state index contributed by atoms with van der Waals surface area (Å²) in [6, 6.07) is 0. The summed E-state index contributed by atoms with van der Waals surface area (Å²) in [5.74, 6) is -3.59. The number of nitrogens with zero attached hydrogens (tertiary/aromatic N) is 1. The molecule has 0 unspecified atom stereocenters. The van der Waals surface area contributed by atoms with Gasteiger partial charge in [0.1, 0.15) is 0 Å². The van der Waals surface area contributed by atoms with Crippen molar-refractivity contribution in [2.75, 3.05) is 26.7 Å². The van der Waals surface area contributed by atoms with Crippen LogP contribution in [0, 0.1) is 0 Å². The lowest BCUT2D eigenvalue weighted by Crippen LogP contribution is -2.76. The van der Waals surface area contributed by atoms with Gasteiger partial charge in [0.2, 0.25) is 0 Å². The average molecular weight is 330 g/mol. The fourth-order valence-corrected chi connectivity index (χ4v) is 1.72. The highest BCUT2D eigenvalue weighted by Gasteiger charge is 2.52. The van der Waals surface area contributed by atoms with Gasteiger partial charge >= 0.3 is 18.2 Å². The molecule has 2 rings (SSSR count). The van der Waals surface area contributed by atoms with Gasteiger partial charge in [-0.05, 0) is 6.42 Å². The molecule has 22 heavy (non-hydrogen) atoms. The molecular formula is C11H17F3N2O6. The van der Waals surface area contributed by atoms with Gasteiger partial charge in [-0.25, -0.2) is 9.59 Å². The number of nitrogens with one attached hydrogen (secondary N) is 1. The lowest BCUT2D eigenvalue weighted by Gasteiger charge is -2.57. The predicted molar refractivity (Wildman–Crippen MR) is 66.3 cm³/mol. The highest BCUT2D eigenvalue weighted by atomic mass is 19.4. The van der Waals surface area contributed by atoms with Crippen LogP contribution in [0.15, 0.2) is 0 Å². The molecule has 0 atom stereocenters. The van der Waals surface area contributed by atoms with E-state index in [2.05, 4.69) is 10.1 Å². The first kappa shape index (κ1) is 20.0. The number of methoxy groups -OCH3 is 1. The number of alkyl halides is 3. The van der Waals surface area contributed by atoms with E-state index in [0.717, 1.165) is 33.0 Å². The van der Waals surface area contributed by atoms with Crippen LogP contribution in [-0.2, 0) is 14.3 Å². The fraction of sp³-hybridized carbons (Fsp3) is 0.727. The molecule has 3 N–H and O–H groups in total. The van der Waals surface area contributed by atoms with Crippen LogP contribution in [-0.4, -0.2) is 71.6 Å². The third kappa shape index (κ3) is 5.76. The fourth-order valence-electron chi connectivity index (χ4n) is 1.72. The van der Waals surface area contributed by atoms with Crippen LogP contribution >= 0.6 is 0 Å². The number of aliphatic carboxylic acids is 2. The van der Waals surface area contributed by atoms with E-state index in [4.69, 9.17) is 19.8 Å². The summed E-state index contributed by atoms with van der Waals surface area (Å²) in [4.78, 5) is 30.8. The van der Waals surface area contributed by atoms with E-state index in [0.29, 0.717) is 0 Å². The van der Waals surface area contributed by atoms with Crippen LogP contribution in [0.25, 0.3) is 0 Å². The molecule has 2 saturated heterocycles. The van der Waals surface area contributed by atoms with Crippen LogP contribution in [0.4, 0.5) is 18.0 Å². The summed E-state index contributed by atoms with van der Waals surface area (Å²) in [5, 5.41) is 17.7. The molecule has 11 heteroatoms. The maximum absolute atomic E-state index is 11.1. The van der Waals surface area contributed by atoms with E-state index in [1.807, 2.05) is 4.90 Å². The zero-order chi connectivity index (χ0) is 17.6. The minimum Gasteiger partial charge on any atom is -0.481 e. The van der Waals surface area contributed by atoms with Crippen molar-refractivity contribution in [1.82, 2.24) is 10.2 Å². The first-order chi connectivity index (χ1) is 9.96. The standard InChI is InChI=1S/C7H12N2O2.C2HF3O2.C2H4O2/c1-11-6(10)9-3-2-7(9)4-8-5-7;3-2(4,5)1(6)7;1-2(3)4/h8H,2-5H2,1H3;(H,6,7);1H3,(H,3,4). The smallest absolute Gasteiger partial charge is 0.481 e. The normalized spacial score (nSPS) is 17.6. The van der Waals surface area contributed by atoms with Crippen LogP contribution in [0.1, 0.15) is 13.3 Å². The molecule has 0 bridgehead atoms. The Morgan fingerprint density at radius 3 is 1.77 bits per heavy atom. The van der Waals surface area contributed by atoms with Gasteiger partial charge in [0.05, 0.1) is 12.6 Å². The minimum absolute atomic E-state index is 0.132. The number of ether oxygens (including phenoxy) is 1. The van der Waals surface area contributed by atoms with Crippen LogP contribution in [0.3, 0.4) is 0 Å². The van der Waals surface area contributed by atoms with Gasteiger partial charge in [0.15, 0.2) is 0 Å². The molecule has 0 radical (unpaired) electrons. The third-order valence-corrected chi connectivity index (χ3v) is 2.92. The van der Waals surface area contributed by atoms with Crippen molar-refractivity contribution in [1.29, 1.82) is 0 Å². The van der Waals surface area contributed by atoms with Crippen molar-refractivity contribution in [3.05, 3.63) is 0 Å². The molecule has 8 nitrogen and oxygen atoms in total. The van der Waals surface area contributed by atoms with Gasteiger partial charge in [0.25, 0.3) is 5.97 Å². The van der Waals surface area contributed by atoms with E-state index in [1.54, 1.807) is 0 Å². The number of carboxylic acids is 2.